The Balaban J connectivity index is 2.01. The van der Waals surface area contributed by atoms with E-state index in [1.54, 1.807) is 6.07 Å². The van der Waals surface area contributed by atoms with E-state index < -0.39 is 17.6 Å². The third-order valence-electron chi connectivity index (χ3n) is 2.70. The van der Waals surface area contributed by atoms with Crippen molar-refractivity contribution in [2.45, 2.75) is 26.2 Å². The number of phenols is 1. The molecule has 3 N–H and O–H groups in total. The summed E-state index contributed by atoms with van der Waals surface area (Å²) in [6.45, 7) is 5.86. The predicted octanol–water partition coefficient (Wildman–Crippen LogP) is 3.46. The topological polar surface area (TPSA) is 87.4 Å². The molecule has 1 heterocycles. The zero-order valence-corrected chi connectivity index (χ0v) is 11.9. The van der Waals surface area contributed by atoms with Crippen LogP contribution in [0.1, 0.15) is 26.5 Å². The number of carbonyl (C=O) groups is 1. The summed E-state index contributed by atoms with van der Waals surface area (Å²) in [6.07, 6.45) is 0. The molecule has 1 aromatic heterocycles. The number of aromatic hydroxyl groups is 1. The molecule has 0 aliphatic rings. The normalized spacial score (nSPS) is 11.2. The van der Waals surface area contributed by atoms with E-state index in [0.29, 0.717) is 5.76 Å². The number of nitrogens with one attached hydrogen (secondary N) is 2. The van der Waals surface area contributed by atoms with Gasteiger partial charge in [0.25, 0.3) is 0 Å². The molecule has 0 unspecified atom stereocenters. The molecule has 0 saturated carbocycles. The molecule has 1 aromatic carbocycles. The average molecular weight is 293 g/mol. The van der Waals surface area contributed by atoms with Crippen LogP contribution in [0.5, 0.6) is 5.75 Å². The second-order valence-electron chi connectivity index (χ2n) is 5.57. The van der Waals surface area contributed by atoms with Crippen molar-refractivity contribution in [3.63, 3.8) is 0 Å². The molecule has 112 valence electrons. The first-order chi connectivity index (χ1) is 9.75. The van der Waals surface area contributed by atoms with Gasteiger partial charge in [0, 0.05) is 23.2 Å². The molecule has 0 spiro atoms. The summed E-state index contributed by atoms with van der Waals surface area (Å²) in [4.78, 5) is 11.7. The molecule has 7 heteroatoms. The summed E-state index contributed by atoms with van der Waals surface area (Å²) in [5, 5.41) is 17.7. The first kappa shape index (κ1) is 14.8. The lowest BCUT2D eigenvalue weighted by atomic mass is 9.93. The number of amides is 2. The fourth-order valence-electron chi connectivity index (χ4n) is 1.55. The summed E-state index contributed by atoms with van der Waals surface area (Å²) in [5.41, 5.74) is -0.00826. The number of hydrogen-bond acceptors (Lipinski definition) is 4. The van der Waals surface area contributed by atoms with Gasteiger partial charge in [-0.3, -0.25) is 5.32 Å². The largest absolute Gasteiger partial charge is 0.505 e. The van der Waals surface area contributed by atoms with Gasteiger partial charge < -0.3 is 14.9 Å². The Morgan fingerprint density at radius 3 is 2.57 bits per heavy atom. The van der Waals surface area contributed by atoms with Crippen LogP contribution >= 0.6 is 0 Å². The van der Waals surface area contributed by atoms with Gasteiger partial charge in [-0.1, -0.05) is 25.9 Å². The van der Waals surface area contributed by atoms with E-state index in [0.717, 1.165) is 12.1 Å². The quantitative estimate of drug-likeness (QED) is 0.740. The third-order valence-corrected chi connectivity index (χ3v) is 2.70. The van der Waals surface area contributed by atoms with E-state index in [1.165, 1.54) is 6.07 Å². The SMILES string of the molecule is CC(C)(C)c1cc(NC(=O)Nc2ccc(O)c(F)c2)no1. The van der Waals surface area contributed by atoms with Crippen LogP contribution in [0.15, 0.2) is 28.8 Å². The molecule has 0 radical (unpaired) electrons. The fraction of sp³-hybridized carbons (Fsp3) is 0.286. The molecule has 0 aliphatic carbocycles. The Morgan fingerprint density at radius 1 is 1.29 bits per heavy atom. The van der Waals surface area contributed by atoms with Gasteiger partial charge in [-0.15, -0.1) is 0 Å². The van der Waals surface area contributed by atoms with Crippen molar-refractivity contribution in [2.24, 2.45) is 0 Å². The van der Waals surface area contributed by atoms with Crippen LogP contribution in [-0.4, -0.2) is 16.3 Å². The molecule has 6 nitrogen and oxygen atoms in total. The zero-order valence-electron chi connectivity index (χ0n) is 11.9. The Kier molecular flexibility index (Phi) is 3.84. The first-order valence-electron chi connectivity index (χ1n) is 6.29. The molecule has 2 amide bonds. The second kappa shape index (κ2) is 5.43. The summed E-state index contributed by atoms with van der Waals surface area (Å²) in [6, 6.07) is 4.57. The smallest absolute Gasteiger partial charge is 0.324 e. The van der Waals surface area contributed by atoms with Crippen LogP contribution in [-0.2, 0) is 5.41 Å². The highest BCUT2D eigenvalue weighted by atomic mass is 19.1. The number of urea groups is 1. The molecule has 0 aliphatic heterocycles. The second-order valence-corrected chi connectivity index (χ2v) is 5.57. The van der Waals surface area contributed by atoms with Crippen molar-refractivity contribution in [3.8, 4) is 5.75 Å². The number of rotatable bonds is 2. The number of nitrogens with zero attached hydrogens (tertiary/aromatic N) is 1. The number of halogens is 1. The Morgan fingerprint density at radius 2 is 2.00 bits per heavy atom. The summed E-state index contributed by atoms with van der Waals surface area (Å²) >= 11 is 0. The van der Waals surface area contributed by atoms with Crippen molar-refractivity contribution in [1.29, 1.82) is 0 Å². The minimum absolute atomic E-state index is 0.210. The van der Waals surface area contributed by atoms with Gasteiger partial charge in [-0.2, -0.15) is 0 Å². The molecule has 21 heavy (non-hydrogen) atoms. The van der Waals surface area contributed by atoms with E-state index in [2.05, 4.69) is 15.8 Å². The van der Waals surface area contributed by atoms with Crippen molar-refractivity contribution in [2.75, 3.05) is 10.6 Å². The lowest BCUT2D eigenvalue weighted by Gasteiger charge is -2.12. The standard InChI is InChI=1S/C14H16FN3O3/c1-14(2,3)11-7-12(18-21-11)17-13(20)16-8-4-5-10(19)9(15)6-8/h4-7,19H,1-3H3,(H2,16,17,18,20). The molecule has 0 atom stereocenters. The van der Waals surface area contributed by atoms with Gasteiger partial charge in [0.2, 0.25) is 0 Å². The van der Waals surface area contributed by atoms with Crippen LogP contribution < -0.4 is 10.6 Å². The molecule has 2 aromatic rings. The van der Waals surface area contributed by atoms with Gasteiger partial charge in [-0.05, 0) is 12.1 Å². The Bertz CT molecular complexity index is 662. The maximum absolute atomic E-state index is 13.1. The van der Waals surface area contributed by atoms with Gasteiger partial charge in [0.15, 0.2) is 17.4 Å². The molecular formula is C14H16FN3O3. The van der Waals surface area contributed by atoms with Crippen molar-refractivity contribution >= 4 is 17.5 Å². The zero-order chi connectivity index (χ0) is 15.6. The maximum Gasteiger partial charge on any atom is 0.324 e. The Hall–Kier alpha value is -2.57. The van der Waals surface area contributed by atoms with Crippen LogP contribution in [0.25, 0.3) is 0 Å². The van der Waals surface area contributed by atoms with E-state index in [9.17, 15) is 9.18 Å². The van der Waals surface area contributed by atoms with Gasteiger partial charge >= 0.3 is 6.03 Å². The van der Waals surface area contributed by atoms with Crippen molar-refractivity contribution in [1.82, 2.24) is 5.16 Å². The van der Waals surface area contributed by atoms with Gasteiger partial charge in [0.1, 0.15) is 5.76 Å². The number of benzene rings is 1. The summed E-state index contributed by atoms with van der Waals surface area (Å²) < 4.78 is 18.3. The average Bonchev–Trinajstić information content (AvgIpc) is 2.82. The molecule has 0 fully saturated rings. The fourth-order valence-corrected chi connectivity index (χ4v) is 1.55. The van der Waals surface area contributed by atoms with Gasteiger partial charge in [-0.25, -0.2) is 9.18 Å². The lowest BCUT2D eigenvalue weighted by Crippen LogP contribution is -2.19. The van der Waals surface area contributed by atoms with Crippen molar-refractivity contribution in [3.05, 3.63) is 35.8 Å². The predicted molar refractivity (Wildman–Crippen MR) is 75.9 cm³/mol. The molecule has 0 bridgehead atoms. The highest BCUT2D eigenvalue weighted by molar-refractivity contribution is 5.99. The van der Waals surface area contributed by atoms with Crippen LogP contribution in [0.3, 0.4) is 0 Å². The number of phenolic OH excluding ortho intramolecular Hbond substituents is 1. The number of hydrogen-bond donors (Lipinski definition) is 3. The third kappa shape index (κ3) is 3.71. The molecular weight excluding hydrogens is 277 g/mol. The minimum atomic E-state index is -0.816. The highest BCUT2D eigenvalue weighted by Gasteiger charge is 2.20. The van der Waals surface area contributed by atoms with E-state index in [1.807, 2.05) is 20.8 Å². The van der Waals surface area contributed by atoms with Crippen LogP contribution in [0, 0.1) is 5.82 Å². The molecule has 2 rings (SSSR count). The number of anilines is 2. The van der Waals surface area contributed by atoms with Crippen LogP contribution in [0.2, 0.25) is 0 Å². The van der Waals surface area contributed by atoms with E-state index in [-0.39, 0.29) is 16.9 Å². The summed E-state index contributed by atoms with van der Waals surface area (Å²) in [7, 11) is 0. The minimum Gasteiger partial charge on any atom is -0.505 e. The Labute approximate surface area is 120 Å². The summed E-state index contributed by atoms with van der Waals surface area (Å²) in [5.74, 6) is -0.401. The maximum atomic E-state index is 13.1. The lowest BCUT2D eigenvalue weighted by molar-refractivity contribution is 0.262. The monoisotopic (exact) mass is 293 g/mol. The molecule has 0 saturated heterocycles. The number of aromatic nitrogens is 1. The van der Waals surface area contributed by atoms with E-state index in [4.69, 9.17) is 9.63 Å². The first-order valence-corrected chi connectivity index (χ1v) is 6.29. The van der Waals surface area contributed by atoms with E-state index >= 15 is 0 Å². The van der Waals surface area contributed by atoms with Crippen LogP contribution in [0.4, 0.5) is 20.7 Å². The van der Waals surface area contributed by atoms with Crippen molar-refractivity contribution < 1.29 is 18.8 Å². The number of carbonyl (C=O) groups excluding carboxylic acids is 1. The van der Waals surface area contributed by atoms with Gasteiger partial charge in [0.05, 0.1) is 0 Å². The highest BCUT2D eigenvalue weighted by Crippen LogP contribution is 2.24.